The first-order valence-electron chi connectivity index (χ1n) is 8.72. The lowest BCUT2D eigenvalue weighted by Crippen LogP contribution is -2.47. The van der Waals surface area contributed by atoms with E-state index in [1.807, 2.05) is 13.8 Å². The smallest absolute Gasteiger partial charge is 0.317 e. The number of aryl methyl sites for hydroxylation is 2. The van der Waals surface area contributed by atoms with Gasteiger partial charge in [-0.3, -0.25) is 0 Å². The molecule has 1 aromatic heterocycles. The van der Waals surface area contributed by atoms with Crippen LogP contribution in [0.4, 0.5) is 4.79 Å². The van der Waals surface area contributed by atoms with Crippen molar-refractivity contribution in [1.82, 2.24) is 15.4 Å². The molecule has 0 unspecified atom stereocenters. The van der Waals surface area contributed by atoms with Crippen molar-refractivity contribution >= 4 is 6.03 Å². The number of carbonyl (C=O) groups excluding carboxylic acids is 1. The molecular weight excluding hydrogens is 306 g/mol. The van der Waals surface area contributed by atoms with Crippen molar-refractivity contribution in [3.8, 4) is 0 Å². The van der Waals surface area contributed by atoms with Gasteiger partial charge in [0.15, 0.2) is 0 Å². The zero-order valence-electron chi connectivity index (χ0n) is 15.8. The highest BCUT2D eigenvalue weighted by atomic mass is 16.5. The van der Waals surface area contributed by atoms with E-state index in [9.17, 15) is 4.79 Å². The largest absolute Gasteiger partial charge is 0.377 e. The van der Waals surface area contributed by atoms with Gasteiger partial charge in [0.1, 0.15) is 5.76 Å². The molecule has 2 amide bonds. The number of ether oxygens (including phenoxy) is 1. The van der Waals surface area contributed by atoms with Crippen LogP contribution in [0.1, 0.15) is 50.6 Å². The zero-order chi connectivity index (χ0) is 17.9. The van der Waals surface area contributed by atoms with Crippen molar-refractivity contribution in [2.45, 2.75) is 60.1 Å². The van der Waals surface area contributed by atoms with Crippen molar-refractivity contribution in [2.75, 3.05) is 20.2 Å². The molecule has 1 aromatic rings. The van der Waals surface area contributed by atoms with Crippen molar-refractivity contribution in [2.24, 2.45) is 11.3 Å². The van der Waals surface area contributed by atoms with Gasteiger partial charge in [-0.15, -0.1) is 0 Å². The third-order valence-corrected chi connectivity index (χ3v) is 4.74. The van der Waals surface area contributed by atoms with E-state index in [2.05, 4.69) is 31.2 Å². The van der Waals surface area contributed by atoms with Gasteiger partial charge in [0.05, 0.1) is 18.3 Å². The highest BCUT2D eigenvalue weighted by Crippen LogP contribution is 2.33. The van der Waals surface area contributed by atoms with E-state index in [-0.39, 0.29) is 17.6 Å². The summed E-state index contributed by atoms with van der Waals surface area (Å²) in [6.07, 6.45) is 2.33. The maximum atomic E-state index is 12.4. The van der Waals surface area contributed by atoms with Crippen LogP contribution in [0.15, 0.2) is 4.52 Å². The molecule has 6 heteroatoms. The molecule has 136 valence electrons. The van der Waals surface area contributed by atoms with E-state index in [0.29, 0.717) is 19.0 Å². The molecule has 2 heterocycles. The highest BCUT2D eigenvalue weighted by molar-refractivity contribution is 5.73. The average Bonchev–Trinajstić information content (AvgIpc) is 2.83. The predicted molar refractivity (Wildman–Crippen MR) is 92.8 cm³/mol. The molecule has 0 aliphatic carbocycles. The van der Waals surface area contributed by atoms with Crippen LogP contribution in [0.25, 0.3) is 0 Å². The number of urea groups is 1. The van der Waals surface area contributed by atoms with Crippen LogP contribution in [0.5, 0.6) is 0 Å². The molecule has 1 fully saturated rings. The Morgan fingerprint density at radius 3 is 2.67 bits per heavy atom. The molecule has 0 bridgehead atoms. The number of nitrogens with zero attached hydrogens (tertiary/aromatic N) is 2. The summed E-state index contributed by atoms with van der Waals surface area (Å²) in [5, 5.41) is 7.00. The van der Waals surface area contributed by atoms with E-state index < -0.39 is 0 Å². The topological polar surface area (TPSA) is 67.6 Å². The Labute approximate surface area is 144 Å². The SMILES string of the molecule is Cc1noc(C)c1CN(C)C(=O)NC[C@@H]1CCCO[C@H]1C(C)(C)C. The molecule has 1 saturated heterocycles. The second kappa shape index (κ2) is 7.55. The summed E-state index contributed by atoms with van der Waals surface area (Å²) in [4.78, 5) is 14.1. The molecule has 24 heavy (non-hydrogen) atoms. The lowest BCUT2D eigenvalue weighted by atomic mass is 9.78. The summed E-state index contributed by atoms with van der Waals surface area (Å²) in [5.41, 5.74) is 1.89. The fourth-order valence-electron chi connectivity index (χ4n) is 3.40. The molecule has 0 aromatic carbocycles. The van der Waals surface area contributed by atoms with Crippen LogP contribution in [0.2, 0.25) is 0 Å². The second-order valence-electron chi connectivity index (χ2n) is 7.90. The number of hydrogen-bond donors (Lipinski definition) is 1. The van der Waals surface area contributed by atoms with E-state index in [1.165, 1.54) is 0 Å². The molecule has 2 rings (SSSR count). The first-order valence-corrected chi connectivity index (χ1v) is 8.72. The lowest BCUT2D eigenvalue weighted by Gasteiger charge is -2.40. The van der Waals surface area contributed by atoms with Crippen LogP contribution < -0.4 is 5.32 Å². The van der Waals surface area contributed by atoms with Gasteiger partial charge in [0.25, 0.3) is 0 Å². The fraction of sp³-hybridized carbons (Fsp3) is 0.778. The molecule has 0 saturated carbocycles. The molecule has 0 radical (unpaired) electrons. The Bertz CT molecular complexity index is 543. The molecule has 2 atom stereocenters. The van der Waals surface area contributed by atoms with Crippen molar-refractivity contribution in [3.63, 3.8) is 0 Å². The van der Waals surface area contributed by atoms with E-state index in [1.54, 1.807) is 11.9 Å². The quantitative estimate of drug-likeness (QED) is 0.915. The van der Waals surface area contributed by atoms with E-state index in [0.717, 1.165) is 36.5 Å². The highest BCUT2D eigenvalue weighted by Gasteiger charge is 2.35. The minimum absolute atomic E-state index is 0.0757. The van der Waals surface area contributed by atoms with Crippen LogP contribution in [-0.2, 0) is 11.3 Å². The summed E-state index contributed by atoms with van der Waals surface area (Å²) in [6, 6.07) is -0.0757. The van der Waals surface area contributed by atoms with Crippen LogP contribution in [-0.4, -0.2) is 42.4 Å². The Morgan fingerprint density at radius 1 is 1.38 bits per heavy atom. The minimum Gasteiger partial charge on any atom is -0.377 e. The van der Waals surface area contributed by atoms with Gasteiger partial charge in [0, 0.05) is 31.7 Å². The van der Waals surface area contributed by atoms with Crippen molar-refractivity contribution in [1.29, 1.82) is 0 Å². The first-order chi connectivity index (χ1) is 11.2. The molecule has 0 spiro atoms. The standard InChI is InChI=1S/C18H31N3O3/c1-12-15(13(2)24-20-12)11-21(6)17(22)19-10-14-8-7-9-23-16(14)18(3,4)5/h14,16H,7-11H2,1-6H3,(H,19,22)/t14-,16+/m0/s1. The van der Waals surface area contributed by atoms with Gasteiger partial charge in [-0.25, -0.2) is 4.79 Å². The van der Waals surface area contributed by atoms with Gasteiger partial charge >= 0.3 is 6.03 Å². The van der Waals surface area contributed by atoms with Crippen molar-refractivity contribution in [3.05, 3.63) is 17.0 Å². The summed E-state index contributed by atoms with van der Waals surface area (Å²) in [5.74, 6) is 1.12. The summed E-state index contributed by atoms with van der Waals surface area (Å²) < 4.78 is 11.1. The van der Waals surface area contributed by atoms with Crippen molar-refractivity contribution < 1.29 is 14.1 Å². The van der Waals surface area contributed by atoms with Gasteiger partial charge in [0.2, 0.25) is 0 Å². The normalized spacial score (nSPS) is 21.6. The molecule has 1 aliphatic heterocycles. The molecule has 1 N–H and O–H groups in total. The zero-order valence-corrected chi connectivity index (χ0v) is 15.8. The second-order valence-corrected chi connectivity index (χ2v) is 7.90. The Hall–Kier alpha value is -1.56. The molecule has 1 aliphatic rings. The fourth-order valence-corrected chi connectivity index (χ4v) is 3.40. The number of amides is 2. The third-order valence-electron chi connectivity index (χ3n) is 4.74. The van der Waals surface area contributed by atoms with Crippen LogP contribution >= 0.6 is 0 Å². The van der Waals surface area contributed by atoms with Gasteiger partial charge in [-0.1, -0.05) is 25.9 Å². The summed E-state index contributed by atoms with van der Waals surface area (Å²) in [6.45, 7) is 12.3. The maximum Gasteiger partial charge on any atom is 0.317 e. The summed E-state index contributed by atoms with van der Waals surface area (Å²) >= 11 is 0. The minimum atomic E-state index is -0.0757. The summed E-state index contributed by atoms with van der Waals surface area (Å²) in [7, 11) is 1.79. The number of nitrogens with one attached hydrogen (secondary N) is 1. The number of carbonyl (C=O) groups is 1. The van der Waals surface area contributed by atoms with Gasteiger partial charge < -0.3 is 19.5 Å². The van der Waals surface area contributed by atoms with E-state index in [4.69, 9.17) is 9.26 Å². The molecule has 6 nitrogen and oxygen atoms in total. The van der Waals surface area contributed by atoms with E-state index >= 15 is 0 Å². The predicted octanol–water partition coefficient (Wildman–Crippen LogP) is 3.27. The Kier molecular flexibility index (Phi) is 5.91. The van der Waals surface area contributed by atoms with Gasteiger partial charge in [-0.05, 0) is 32.1 Å². The Morgan fingerprint density at radius 2 is 2.08 bits per heavy atom. The lowest BCUT2D eigenvalue weighted by molar-refractivity contribution is -0.0839. The maximum absolute atomic E-state index is 12.4. The number of hydrogen-bond acceptors (Lipinski definition) is 4. The monoisotopic (exact) mass is 337 g/mol. The van der Waals surface area contributed by atoms with Crippen LogP contribution in [0.3, 0.4) is 0 Å². The average molecular weight is 337 g/mol. The number of rotatable bonds is 4. The van der Waals surface area contributed by atoms with Gasteiger partial charge in [-0.2, -0.15) is 0 Å². The Balaban J connectivity index is 1.89. The third kappa shape index (κ3) is 4.50. The number of aromatic nitrogens is 1. The van der Waals surface area contributed by atoms with Crippen LogP contribution in [0, 0.1) is 25.2 Å². The first kappa shape index (κ1) is 18.8. The molecular formula is C18H31N3O3.